The van der Waals surface area contributed by atoms with E-state index in [-0.39, 0.29) is 26.1 Å². The van der Waals surface area contributed by atoms with Gasteiger partial charge in [-0.2, -0.15) is 17.4 Å². The molecule has 0 aromatic carbocycles. The average molecular weight is 316 g/mol. The molecular weight excluding hydrogens is 298 g/mol. The number of halogens is 2. The van der Waals surface area contributed by atoms with Crippen molar-refractivity contribution in [2.75, 3.05) is 26.3 Å². The second-order valence-electron chi connectivity index (χ2n) is 4.33. The van der Waals surface area contributed by atoms with Crippen molar-refractivity contribution < 1.29 is 31.8 Å². The van der Waals surface area contributed by atoms with E-state index in [1.54, 1.807) is 0 Å². The van der Waals surface area contributed by atoms with E-state index in [0.29, 0.717) is 12.8 Å². The Morgan fingerprint density at radius 2 is 2.15 bits per heavy atom. The first-order chi connectivity index (χ1) is 9.34. The van der Waals surface area contributed by atoms with E-state index in [1.165, 1.54) is 0 Å². The van der Waals surface area contributed by atoms with Crippen LogP contribution in [0.2, 0.25) is 0 Å². The molecule has 118 valence electrons. The molecule has 0 spiro atoms. The molecule has 7 nitrogen and oxygen atoms in total. The maximum atomic E-state index is 11.9. The lowest BCUT2D eigenvalue weighted by Gasteiger charge is -2.31. The lowest BCUT2D eigenvalue weighted by molar-refractivity contribution is -0.142. The predicted molar refractivity (Wildman–Crippen MR) is 65.7 cm³/mol. The molecule has 1 atom stereocenters. The van der Waals surface area contributed by atoms with Gasteiger partial charge >= 0.3 is 5.97 Å². The Bertz CT molecular complexity index is 418. The molecule has 0 aliphatic carbocycles. The Morgan fingerprint density at radius 1 is 1.45 bits per heavy atom. The van der Waals surface area contributed by atoms with Gasteiger partial charge in [-0.05, 0) is 19.3 Å². The van der Waals surface area contributed by atoms with Gasteiger partial charge < -0.3 is 9.84 Å². The van der Waals surface area contributed by atoms with E-state index in [9.17, 15) is 22.0 Å². The summed E-state index contributed by atoms with van der Waals surface area (Å²) >= 11 is 0. The highest BCUT2D eigenvalue weighted by Gasteiger charge is 2.36. The van der Waals surface area contributed by atoms with Gasteiger partial charge in [-0.25, -0.2) is 8.78 Å². The highest BCUT2D eigenvalue weighted by Crippen LogP contribution is 2.19. The van der Waals surface area contributed by atoms with E-state index >= 15 is 0 Å². The number of carbonyl (C=O) groups is 1. The summed E-state index contributed by atoms with van der Waals surface area (Å²) in [6.45, 7) is -1.01. The Kier molecular flexibility index (Phi) is 6.72. The Balaban J connectivity index is 2.47. The molecular formula is C10H18F2N2O5S. The van der Waals surface area contributed by atoms with E-state index in [2.05, 4.69) is 9.46 Å². The predicted octanol–water partition coefficient (Wildman–Crippen LogP) is 0.0416. The summed E-state index contributed by atoms with van der Waals surface area (Å²) in [4.78, 5) is 11.0. The van der Waals surface area contributed by atoms with Crippen molar-refractivity contribution in [3.05, 3.63) is 0 Å². The summed E-state index contributed by atoms with van der Waals surface area (Å²) in [5, 5.41) is 9.00. The summed E-state index contributed by atoms with van der Waals surface area (Å²) in [7, 11) is -3.94. The van der Waals surface area contributed by atoms with Crippen molar-refractivity contribution in [3.8, 4) is 0 Å². The third-order valence-corrected chi connectivity index (χ3v) is 4.45. The molecule has 20 heavy (non-hydrogen) atoms. The number of carboxylic acids is 1. The molecule has 0 aromatic heterocycles. The first-order valence-corrected chi connectivity index (χ1v) is 7.63. The van der Waals surface area contributed by atoms with Crippen molar-refractivity contribution in [3.63, 3.8) is 0 Å². The summed E-state index contributed by atoms with van der Waals surface area (Å²) < 4.78 is 55.1. The second-order valence-corrected chi connectivity index (χ2v) is 6.03. The number of carboxylic acid groups (broad SMARTS) is 1. The van der Waals surface area contributed by atoms with Gasteiger partial charge in [0.25, 0.3) is 16.6 Å². The van der Waals surface area contributed by atoms with Crippen LogP contribution in [0.4, 0.5) is 8.78 Å². The molecule has 1 aliphatic heterocycles. The minimum atomic E-state index is -3.94. The maximum absolute atomic E-state index is 11.9. The van der Waals surface area contributed by atoms with Crippen LogP contribution in [0.3, 0.4) is 0 Å². The van der Waals surface area contributed by atoms with Gasteiger partial charge in [-0.3, -0.25) is 4.79 Å². The average Bonchev–Trinajstić information content (AvgIpc) is 2.37. The second kappa shape index (κ2) is 7.81. The molecule has 0 saturated carbocycles. The zero-order chi connectivity index (χ0) is 15.2. The van der Waals surface area contributed by atoms with Crippen LogP contribution < -0.4 is 4.72 Å². The number of hydrogen-bond donors (Lipinski definition) is 2. The Hall–Kier alpha value is -0.840. The molecule has 0 radical (unpaired) electrons. The molecule has 0 bridgehead atoms. The van der Waals surface area contributed by atoms with Gasteiger partial charge in [0, 0.05) is 13.1 Å². The van der Waals surface area contributed by atoms with E-state index in [1.807, 2.05) is 0 Å². The molecule has 1 fully saturated rings. The zero-order valence-electron chi connectivity index (χ0n) is 10.8. The van der Waals surface area contributed by atoms with Crippen LogP contribution in [0.15, 0.2) is 0 Å². The van der Waals surface area contributed by atoms with Crippen molar-refractivity contribution >= 4 is 16.2 Å². The lowest BCUT2D eigenvalue weighted by atomic mass is 10.1. The van der Waals surface area contributed by atoms with Crippen LogP contribution in [-0.2, 0) is 19.7 Å². The number of ether oxygens (including phenoxy) is 1. The highest BCUT2D eigenvalue weighted by atomic mass is 32.2. The Labute approximate surface area is 116 Å². The normalized spacial score (nSPS) is 21.2. The Morgan fingerprint density at radius 3 is 2.75 bits per heavy atom. The number of piperidine rings is 1. The summed E-state index contributed by atoms with van der Waals surface area (Å²) in [5.74, 6) is -1.19. The first-order valence-electron chi connectivity index (χ1n) is 6.19. The minimum Gasteiger partial charge on any atom is -0.480 e. The van der Waals surface area contributed by atoms with Crippen LogP contribution >= 0.6 is 0 Å². The van der Waals surface area contributed by atoms with Crippen LogP contribution in [0.5, 0.6) is 0 Å². The number of alkyl halides is 2. The monoisotopic (exact) mass is 316 g/mol. The maximum Gasteiger partial charge on any atom is 0.322 e. The van der Waals surface area contributed by atoms with E-state index < -0.39 is 35.3 Å². The van der Waals surface area contributed by atoms with Crippen molar-refractivity contribution in [1.29, 1.82) is 0 Å². The van der Waals surface area contributed by atoms with Crippen LogP contribution in [0.1, 0.15) is 19.3 Å². The summed E-state index contributed by atoms with van der Waals surface area (Å²) in [6, 6.07) is -1.08. The standard InChI is InChI=1S/C10H18F2N2O5S/c11-9(12)7-19-6-4-13-20(17,18)14-5-2-1-3-8(14)10(15)16/h8-9,13H,1-7H2,(H,15,16). The molecule has 1 heterocycles. The topological polar surface area (TPSA) is 95.9 Å². The van der Waals surface area contributed by atoms with Gasteiger partial charge in [0.1, 0.15) is 12.6 Å². The van der Waals surface area contributed by atoms with Crippen LogP contribution in [0.25, 0.3) is 0 Å². The lowest BCUT2D eigenvalue weighted by Crippen LogP contribution is -2.52. The third-order valence-electron chi connectivity index (χ3n) is 2.82. The highest BCUT2D eigenvalue weighted by molar-refractivity contribution is 7.87. The van der Waals surface area contributed by atoms with Crippen molar-refractivity contribution in [1.82, 2.24) is 9.03 Å². The zero-order valence-corrected chi connectivity index (χ0v) is 11.6. The number of aliphatic carboxylic acids is 1. The fourth-order valence-corrected chi connectivity index (χ4v) is 3.34. The van der Waals surface area contributed by atoms with E-state index in [4.69, 9.17) is 5.11 Å². The van der Waals surface area contributed by atoms with E-state index in [0.717, 1.165) is 4.31 Å². The minimum absolute atomic E-state index is 0.129. The van der Waals surface area contributed by atoms with Crippen LogP contribution in [0, 0.1) is 0 Å². The molecule has 1 aliphatic rings. The molecule has 1 rings (SSSR count). The van der Waals surface area contributed by atoms with Gasteiger partial charge in [0.2, 0.25) is 0 Å². The molecule has 2 N–H and O–H groups in total. The first kappa shape index (κ1) is 17.2. The third kappa shape index (κ3) is 5.27. The molecule has 0 aromatic rings. The quantitative estimate of drug-likeness (QED) is 0.617. The van der Waals surface area contributed by atoms with Gasteiger partial charge in [-0.15, -0.1) is 0 Å². The number of nitrogens with one attached hydrogen (secondary N) is 1. The van der Waals surface area contributed by atoms with Gasteiger partial charge in [-0.1, -0.05) is 0 Å². The number of rotatable bonds is 8. The summed E-state index contributed by atoms with van der Waals surface area (Å²) in [5.41, 5.74) is 0. The SMILES string of the molecule is O=C(O)C1CCCCN1S(=O)(=O)NCCOCC(F)F. The number of hydrogen-bond acceptors (Lipinski definition) is 4. The van der Waals surface area contributed by atoms with Gasteiger partial charge in [0.05, 0.1) is 6.61 Å². The molecule has 10 heteroatoms. The molecule has 0 amide bonds. The van der Waals surface area contributed by atoms with Crippen molar-refractivity contribution in [2.24, 2.45) is 0 Å². The van der Waals surface area contributed by atoms with Crippen molar-refractivity contribution in [2.45, 2.75) is 31.7 Å². The number of nitrogens with zero attached hydrogens (tertiary/aromatic N) is 1. The fraction of sp³-hybridized carbons (Fsp3) is 0.900. The van der Waals surface area contributed by atoms with Gasteiger partial charge in [0.15, 0.2) is 0 Å². The fourth-order valence-electron chi connectivity index (χ4n) is 1.94. The van der Waals surface area contributed by atoms with Crippen LogP contribution in [-0.4, -0.2) is 62.6 Å². The summed E-state index contributed by atoms with van der Waals surface area (Å²) in [6.07, 6.45) is -1.10. The largest absolute Gasteiger partial charge is 0.480 e. The molecule has 1 unspecified atom stereocenters. The molecule has 1 saturated heterocycles. The smallest absolute Gasteiger partial charge is 0.322 e.